The molecule has 1 fully saturated rings. The molecule has 0 radical (unpaired) electrons. The van der Waals surface area contributed by atoms with E-state index >= 15 is 0 Å². The van der Waals surface area contributed by atoms with Crippen molar-refractivity contribution in [1.29, 1.82) is 0 Å². The summed E-state index contributed by atoms with van der Waals surface area (Å²) in [7, 11) is 1.68. The minimum absolute atomic E-state index is 0.0188. The molecule has 2 aromatic rings. The van der Waals surface area contributed by atoms with Gasteiger partial charge in [0.1, 0.15) is 5.75 Å². The van der Waals surface area contributed by atoms with Crippen molar-refractivity contribution in [2.45, 2.75) is 19.5 Å². The van der Waals surface area contributed by atoms with Crippen LogP contribution in [0.3, 0.4) is 0 Å². The first-order chi connectivity index (χ1) is 11.2. The second-order valence-electron chi connectivity index (χ2n) is 5.67. The summed E-state index contributed by atoms with van der Waals surface area (Å²) in [5.74, 6) is 0.946. The number of carbonyl (C=O) groups is 1. The first-order valence-electron chi connectivity index (χ1n) is 7.69. The lowest BCUT2D eigenvalue weighted by molar-refractivity contribution is -0.134. The third-order valence-electron chi connectivity index (χ3n) is 4.23. The highest BCUT2D eigenvalue weighted by atomic mass is 32.1. The predicted molar refractivity (Wildman–Crippen MR) is 90.5 cm³/mol. The number of benzene rings is 1. The Kier molecular flexibility index (Phi) is 4.93. The second kappa shape index (κ2) is 7.10. The number of methoxy groups -OCH3 is 1. The molecule has 1 aliphatic heterocycles. The largest absolute Gasteiger partial charge is 0.496 e. The van der Waals surface area contributed by atoms with E-state index in [1.54, 1.807) is 25.4 Å². The number of hydrogen-bond donors (Lipinski definition) is 0. The zero-order chi connectivity index (χ0) is 16.2. The average molecular weight is 331 g/mol. The quantitative estimate of drug-likeness (QED) is 0.864. The number of amides is 1. The summed E-state index contributed by atoms with van der Waals surface area (Å²) >= 11 is 1.67. The Labute approximate surface area is 140 Å². The van der Waals surface area contributed by atoms with Crippen LogP contribution in [0.5, 0.6) is 5.75 Å². The molecule has 1 aromatic carbocycles. The molecule has 0 saturated carbocycles. The highest BCUT2D eigenvalue weighted by molar-refractivity contribution is 7.09. The van der Waals surface area contributed by atoms with Crippen molar-refractivity contribution in [1.82, 2.24) is 14.8 Å². The Hall–Kier alpha value is -1.92. The van der Waals surface area contributed by atoms with Crippen LogP contribution in [0.2, 0.25) is 0 Å². The number of nitrogens with zero attached hydrogens (tertiary/aromatic N) is 3. The van der Waals surface area contributed by atoms with Gasteiger partial charge in [-0.1, -0.05) is 18.2 Å². The van der Waals surface area contributed by atoms with Gasteiger partial charge in [0.25, 0.3) is 0 Å². The van der Waals surface area contributed by atoms with E-state index in [4.69, 9.17) is 4.74 Å². The molecule has 0 spiro atoms. The number of hydrogen-bond acceptors (Lipinski definition) is 5. The first-order valence-corrected chi connectivity index (χ1v) is 8.57. The van der Waals surface area contributed by atoms with Crippen LogP contribution in [0.1, 0.15) is 23.4 Å². The fourth-order valence-electron chi connectivity index (χ4n) is 3.11. The van der Waals surface area contributed by atoms with E-state index in [-0.39, 0.29) is 11.9 Å². The number of thiazole rings is 1. The maximum atomic E-state index is 12.1. The van der Waals surface area contributed by atoms with Crippen molar-refractivity contribution in [3.05, 3.63) is 46.4 Å². The van der Waals surface area contributed by atoms with Crippen LogP contribution in [0.15, 0.2) is 36.0 Å². The van der Waals surface area contributed by atoms with Gasteiger partial charge in [0, 0.05) is 49.7 Å². The molecular weight excluding hydrogens is 310 g/mol. The van der Waals surface area contributed by atoms with Gasteiger partial charge in [-0.2, -0.15) is 0 Å². The van der Waals surface area contributed by atoms with Crippen molar-refractivity contribution in [2.24, 2.45) is 0 Å². The van der Waals surface area contributed by atoms with Gasteiger partial charge >= 0.3 is 0 Å². The molecule has 1 amide bonds. The molecule has 0 aliphatic carbocycles. The lowest BCUT2D eigenvalue weighted by atomic mass is 10.0. The molecule has 6 heteroatoms. The molecule has 1 saturated heterocycles. The molecule has 2 heterocycles. The standard InChI is InChI=1S/C17H21N3O2S/c1-13(21)20-8-7-19(10-14-9-18-12-23-14)11-16(20)15-5-3-4-6-17(15)22-2/h3-6,9,12,16H,7-8,10-11H2,1-2H3. The summed E-state index contributed by atoms with van der Waals surface area (Å²) in [4.78, 5) is 21.8. The van der Waals surface area contributed by atoms with Gasteiger partial charge in [-0.05, 0) is 6.07 Å². The van der Waals surface area contributed by atoms with Crippen LogP contribution in [0.25, 0.3) is 0 Å². The third kappa shape index (κ3) is 3.54. The number of carbonyl (C=O) groups excluding carboxylic acids is 1. The van der Waals surface area contributed by atoms with E-state index in [1.165, 1.54) is 4.88 Å². The zero-order valence-corrected chi connectivity index (χ0v) is 14.3. The maximum absolute atomic E-state index is 12.1. The van der Waals surface area contributed by atoms with Crippen molar-refractivity contribution >= 4 is 17.2 Å². The molecule has 1 atom stereocenters. The van der Waals surface area contributed by atoms with E-state index < -0.39 is 0 Å². The third-order valence-corrected chi connectivity index (χ3v) is 4.99. The van der Waals surface area contributed by atoms with Gasteiger partial charge in [-0.25, -0.2) is 0 Å². The van der Waals surface area contributed by atoms with Crippen molar-refractivity contribution in [2.75, 3.05) is 26.7 Å². The van der Waals surface area contributed by atoms with Gasteiger partial charge < -0.3 is 9.64 Å². The normalized spacial score (nSPS) is 18.9. The van der Waals surface area contributed by atoms with Gasteiger partial charge in [0.2, 0.25) is 5.91 Å². The van der Waals surface area contributed by atoms with Crippen molar-refractivity contribution in [3.8, 4) is 5.75 Å². The Balaban J connectivity index is 1.84. The predicted octanol–water partition coefficient (Wildman–Crippen LogP) is 2.56. The molecule has 3 rings (SSSR count). The smallest absolute Gasteiger partial charge is 0.220 e. The molecule has 0 N–H and O–H groups in total. The first kappa shape index (κ1) is 16.0. The molecule has 1 unspecified atom stereocenters. The molecule has 5 nitrogen and oxygen atoms in total. The van der Waals surface area contributed by atoms with Crippen LogP contribution in [0.4, 0.5) is 0 Å². The van der Waals surface area contributed by atoms with E-state index in [0.29, 0.717) is 0 Å². The maximum Gasteiger partial charge on any atom is 0.220 e. The molecule has 23 heavy (non-hydrogen) atoms. The zero-order valence-electron chi connectivity index (χ0n) is 13.4. The van der Waals surface area contributed by atoms with Crippen LogP contribution < -0.4 is 4.74 Å². The van der Waals surface area contributed by atoms with E-state index in [2.05, 4.69) is 16.0 Å². The molecular formula is C17H21N3O2S. The Morgan fingerprint density at radius 1 is 1.39 bits per heavy atom. The molecule has 122 valence electrons. The van der Waals surface area contributed by atoms with Crippen molar-refractivity contribution in [3.63, 3.8) is 0 Å². The summed E-state index contributed by atoms with van der Waals surface area (Å²) in [5.41, 5.74) is 2.93. The van der Waals surface area contributed by atoms with Crippen molar-refractivity contribution < 1.29 is 9.53 Å². The van der Waals surface area contributed by atoms with Gasteiger partial charge in [-0.15, -0.1) is 11.3 Å². The van der Waals surface area contributed by atoms with E-state index in [1.807, 2.05) is 34.8 Å². The number of ether oxygens (including phenoxy) is 1. The van der Waals surface area contributed by atoms with Crippen LogP contribution in [-0.4, -0.2) is 47.4 Å². The topological polar surface area (TPSA) is 45.7 Å². The minimum atomic E-state index is 0.0188. The molecule has 1 aromatic heterocycles. The van der Waals surface area contributed by atoms with Gasteiger partial charge in [0.15, 0.2) is 0 Å². The average Bonchev–Trinajstić information content (AvgIpc) is 3.07. The Morgan fingerprint density at radius 2 is 2.22 bits per heavy atom. The molecule has 1 aliphatic rings. The molecule has 0 bridgehead atoms. The van der Waals surface area contributed by atoms with E-state index in [9.17, 15) is 4.79 Å². The van der Waals surface area contributed by atoms with E-state index in [0.717, 1.165) is 37.5 Å². The lowest BCUT2D eigenvalue weighted by Crippen LogP contribution is -2.49. The van der Waals surface area contributed by atoms with Crippen LogP contribution in [0, 0.1) is 0 Å². The number of para-hydroxylation sites is 1. The minimum Gasteiger partial charge on any atom is -0.496 e. The lowest BCUT2D eigenvalue weighted by Gasteiger charge is -2.41. The summed E-state index contributed by atoms with van der Waals surface area (Å²) in [6, 6.07) is 7.98. The SMILES string of the molecule is COc1ccccc1C1CN(Cc2cncs2)CCN1C(C)=O. The summed E-state index contributed by atoms with van der Waals surface area (Å²) in [6.07, 6.45) is 1.92. The van der Waals surface area contributed by atoms with Gasteiger partial charge in [0.05, 0.1) is 18.7 Å². The highest BCUT2D eigenvalue weighted by Crippen LogP contribution is 2.32. The Morgan fingerprint density at radius 3 is 2.91 bits per heavy atom. The Bertz CT molecular complexity index is 660. The van der Waals surface area contributed by atoms with Crippen LogP contribution >= 0.6 is 11.3 Å². The summed E-state index contributed by atoms with van der Waals surface area (Å²) in [6.45, 7) is 4.93. The fraction of sp³-hybridized carbons (Fsp3) is 0.412. The van der Waals surface area contributed by atoms with Crippen LogP contribution in [-0.2, 0) is 11.3 Å². The fourth-order valence-corrected chi connectivity index (χ4v) is 3.74. The second-order valence-corrected chi connectivity index (χ2v) is 6.64. The summed E-state index contributed by atoms with van der Waals surface area (Å²) in [5, 5.41) is 0. The monoisotopic (exact) mass is 331 g/mol. The summed E-state index contributed by atoms with van der Waals surface area (Å²) < 4.78 is 5.50. The number of aromatic nitrogens is 1. The van der Waals surface area contributed by atoms with Gasteiger partial charge in [-0.3, -0.25) is 14.7 Å². The number of rotatable bonds is 4. The highest BCUT2D eigenvalue weighted by Gasteiger charge is 2.31. The number of piperazine rings is 1.